The summed E-state index contributed by atoms with van der Waals surface area (Å²) in [4.78, 5) is 1.90. The standard InChI is InChI=1S/C19H28F2N8O3S2.HI.2H2/c1-10-6-28(7-11(2)24-10)14-5-12(34(30,31)27-19(3)8-32-9-19)4-13(29(14)23)15(22)17-25-26-18(33-17)16(20)21;;;/h4-5,10-11,16,24,27H,6-9,22-23H2,1-3H3;3*1H/b15-13-;;;/t10-,11-;;;/m0.../s1. The van der Waals surface area contributed by atoms with Crippen molar-refractivity contribution in [3.63, 3.8) is 0 Å². The van der Waals surface area contributed by atoms with Crippen LogP contribution in [0.1, 0.15) is 40.1 Å². The van der Waals surface area contributed by atoms with E-state index in [1.54, 1.807) is 6.92 Å². The van der Waals surface area contributed by atoms with Crippen molar-refractivity contribution in [1.29, 1.82) is 0 Å². The lowest BCUT2D eigenvalue weighted by atomic mass is 10.0. The summed E-state index contributed by atoms with van der Waals surface area (Å²) < 4.78 is 60.5. The van der Waals surface area contributed by atoms with Gasteiger partial charge in [0.05, 0.1) is 35.1 Å². The fraction of sp³-hybridized carbons (Fsp3) is 0.579. The number of nitrogens with zero attached hydrogens (tertiary/aromatic N) is 4. The lowest BCUT2D eigenvalue weighted by molar-refractivity contribution is -0.0522. The van der Waals surface area contributed by atoms with Gasteiger partial charge in [0.1, 0.15) is 5.82 Å². The van der Waals surface area contributed by atoms with Crippen LogP contribution in [0.3, 0.4) is 0 Å². The van der Waals surface area contributed by atoms with Gasteiger partial charge in [-0.3, -0.25) is 5.01 Å². The Morgan fingerprint density at radius 2 is 1.94 bits per heavy atom. The van der Waals surface area contributed by atoms with Gasteiger partial charge < -0.3 is 20.7 Å². The monoisotopic (exact) mass is 650 g/mol. The van der Waals surface area contributed by atoms with Crippen molar-refractivity contribution >= 4 is 51.0 Å². The maximum Gasteiger partial charge on any atom is 0.291 e. The van der Waals surface area contributed by atoms with Gasteiger partial charge in [-0.1, -0.05) is 11.3 Å². The molecule has 0 radical (unpaired) electrons. The molecule has 0 saturated carbocycles. The minimum atomic E-state index is -3.99. The van der Waals surface area contributed by atoms with Crippen LogP contribution in [-0.4, -0.2) is 72.4 Å². The molecular formula is C19H33F2IN8O3S2. The molecule has 0 unspecified atom stereocenters. The zero-order valence-electron chi connectivity index (χ0n) is 19.4. The number of piperazine rings is 1. The van der Waals surface area contributed by atoms with Crippen LogP contribution in [0, 0.1) is 0 Å². The molecule has 0 aliphatic carbocycles. The quantitative estimate of drug-likeness (QED) is 0.264. The molecule has 16 heteroatoms. The van der Waals surface area contributed by atoms with Crippen molar-refractivity contribution in [2.75, 3.05) is 26.3 Å². The molecule has 0 aromatic carbocycles. The fourth-order valence-corrected chi connectivity index (χ4v) is 6.15. The Kier molecular flexibility index (Phi) is 8.45. The zero-order valence-corrected chi connectivity index (χ0v) is 23.3. The van der Waals surface area contributed by atoms with E-state index in [1.807, 2.05) is 18.7 Å². The van der Waals surface area contributed by atoms with Crippen LogP contribution in [0.5, 0.6) is 0 Å². The summed E-state index contributed by atoms with van der Waals surface area (Å²) in [5.74, 6) is 6.83. The number of hydrogen-bond acceptors (Lipinski definition) is 11. The van der Waals surface area contributed by atoms with Crippen molar-refractivity contribution in [1.82, 2.24) is 30.1 Å². The van der Waals surface area contributed by atoms with Gasteiger partial charge in [-0.2, -0.15) is 0 Å². The first-order valence-corrected chi connectivity index (χ1v) is 12.9. The van der Waals surface area contributed by atoms with Crippen molar-refractivity contribution in [3.8, 4) is 0 Å². The average molecular weight is 651 g/mol. The number of sulfonamides is 1. The molecule has 0 spiro atoms. The summed E-state index contributed by atoms with van der Waals surface area (Å²) in [6.45, 7) is 7.40. The van der Waals surface area contributed by atoms with E-state index in [2.05, 4.69) is 20.2 Å². The van der Waals surface area contributed by atoms with E-state index >= 15 is 0 Å². The molecule has 1 aromatic heterocycles. The Balaban J connectivity index is 0.00000228. The normalized spacial score (nSPS) is 26.0. The molecule has 4 rings (SSSR count). The smallest absolute Gasteiger partial charge is 0.291 e. The summed E-state index contributed by atoms with van der Waals surface area (Å²) in [5, 5.41) is 11.4. The van der Waals surface area contributed by atoms with Crippen molar-refractivity contribution in [3.05, 3.63) is 38.6 Å². The number of hydrogen-bond donors (Lipinski definition) is 4. The number of hydrazine groups is 1. The third-order valence-electron chi connectivity index (χ3n) is 5.60. The Labute approximate surface area is 226 Å². The number of ether oxygens (including phenoxy) is 1. The summed E-state index contributed by atoms with van der Waals surface area (Å²) in [5.41, 5.74) is 5.60. The summed E-state index contributed by atoms with van der Waals surface area (Å²) >= 11 is 0.623. The second-order valence-electron chi connectivity index (χ2n) is 9.00. The Hall–Kier alpha value is -1.44. The first-order chi connectivity index (χ1) is 15.9. The van der Waals surface area contributed by atoms with Gasteiger partial charge in [0, 0.05) is 34.1 Å². The lowest BCUT2D eigenvalue weighted by Gasteiger charge is -2.43. The van der Waals surface area contributed by atoms with Crippen LogP contribution < -0.4 is 21.6 Å². The lowest BCUT2D eigenvalue weighted by Crippen LogP contribution is -2.60. The minimum absolute atomic E-state index is 0. The largest absolute Gasteiger partial charge is 0.394 e. The second kappa shape index (κ2) is 10.5. The predicted octanol–water partition coefficient (Wildman–Crippen LogP) is 1.52. The molecule has 2 atom stereocenters. The second-order valence-corrected chi connectivity index (χ2v) is 11.7. The average Bonchev–Trinajstić information content (AvgIpc) is 3.22. The van der Waals surface area contributed by atoms with E-state index in [-0.39, 0.29) is 73.4 Å². The van der Waals surface area contributed by atoms with Gasteiger partial charge in [-0.25, -0.2) is 27.8 Å². The predicted molar refractivity (Wildman–Crippen MR) is 143 cm³/mol. The Bertz CT molecular complexity index is 1150. The number of halogens is 3. The number of rotatable bonds is 6. The third-order valence-corrected chi connectivity index (χ3v) is 8.19. The summed E-state index contributed by atoms with van der Waals surface area (Å²) in [6.07, 6.45) is -0.00946. The minimum Gasteiger partial charge on any atom is -0.394 e. The summed E-state index contributed by atoms with van der Waals surface area (Å²) in [6, 6.07) is 0.240. The molecule has 0 bridgehead atoms. The fourth-order valence-electron chi connectivity index (χ4n) is 4.08. The first-order valence-electron chi connectivity index (χ1n) is 10.6. The zero-order chi connectivity index (χ0) is 24.8. The van der Waals surface area contributed by atoms with Crippen molar-refractivity contribution in [2.24, 2.45) is 11.6 Å². The highest BCUT2D eigenvalue weighted by atomic mass is 127. The van der Waals surface area contributed by atoms with Crippen molar-refractivity contribution in [2.45, 2.75) is 44.8 Å². The SMILES string of the molecule is C[C@H]1CN(C2=CC(S(=O)(=O)NC3(C)COC3)=C/C(=C(/N)c3nnc(C(F)F)s3)N2N)C[C@H](C)N1.I.[HH].[HH]. The van der Waals surface area contributed by atoms with Crippen LogP contribution in [-0.2, 0) is 14.8 Å². The van der Waals surface area contributed by atoms with Crippen LogP contribution in [0.25, 0.3) is 5.70 Å². The van der Waals surface area contributed by atoms with Crippen LogP contribution in [0.2, 0.25) is 0 Å². The third kappa shape index (κ3) is 5.94. The van der Waals surface area contributed by atoms with Gasteiger partial charge in [-0.15, -0.1) is 34.2 Å². The molecule has 4 heterocycles. The van der Waals surface area contributed by atoms with Gasteiger partial charge in [-0.05, 0) is 26.8 Å². The number of nitrogens with one attached hydrogen (secondary N) is 2. The Morgan fingerprint density at radius 3 is 2.46 bits per heavy atom. The van der Waals surface area contributed by atoms with E-state index in [1.165, 1.54) is 17.2 Å². The van der Waals surface area contributed by atoms with Crippen LogP contribution >= 0.6 is 35.3 Å². The highest BCUT2D eigenvalue weighted by molar-refractivity contribution is 14.0. The van der Waals surface area contributed by atoms with Gasteiger partial charge in [0.25, 0.3) is 6.43 Å². The Morgan fingerprint density at radius 1 is 1.31 bits per heavy atom. The van der Waals surface area contributed by atoms with E-state index in [0.717, 1.165) is 0 Å². The van der Waals surface area contributed by atoms with Gasteiger partial charge in [0.15, 0.2) is 10.0 Å². The van der Waals surface area contributed by atoms with Gasteiger partial charge >= 0.3 is 0 Å². The maximum atomic E-state index is 13.3. The van der Waals surface area contributed by atoms with Crippen LogP contribution in [0.4, 0.5) is 8.78 Å². The molecule has 1 aromatic rings. The van der Waals surface area contributed by atoms with E-state index in [0.29, 0.717) is 30.2 Å². The van der Waals surface area contributed by atoms with Gasteiger partial charge in [0.2, 0.25) is 10.0 Å². The maximum absolute atomic E-state index is 13.3. The molecule has 3 aliphatic heterocycles. The molecule has 11 nitrogen and oxygen atoms in total. The molecule has 0 amide bonds. The number of alkyl halides is 2. The molecule has 2 fully saturated rings. The molecule has 200 valence electrons. The molecular weight excluding hydrogens is 617 g/mol. The van der Waals surface area contributed by atoms with E-state index in [4.69, 9.17) is 16.3 Å². The van der Waals surface area contributed by atoms with Crippen LogP contribution in [0.15, 0.2) is 28.6 Å². The summed E-state index contributed by atoms with van der Waals surface area (Å²) in [7, 11) is -3.99. The van der Waals surface area contributed by atoms with E-state index in [9.17, 15) is 17.2 Å². The topological polar surface area (TPSA) is 152 Å². The molecule has 35 heavy (non-hydrogen) atoms. The highest BCUT2D eigenvalue weighted by Crippen LogP contribution is 2.33. The van der Waals surface area contributed by atoms with E-state index < -0.39 is 27.0 Å². The first kappa shape index (κ1) is 28.1. The number of allylic oxidation sites excluding steroid dienone is 2. The van der Waals surface area contributed by atoms with Crippen molar-refractivity contribution < 1.29 is 24.8 Å². The number of nitrogens with two attached hydrogens (primary N) is 2. The molecule has 3 aliphatic rings. The number of aromatic nitrogens is 2. The molecule has 6 N–H and O–H groups in total. The molecule has 2 saturated heterocycles. The highest BCUT2D eigenvalue weighted by Gasteiger charge is 2.40.